The first-order chi connectivity index (χ1) is 8.51. The fraction of sp³-hybridized carbons (Fsp3) is 0.625. The molecule has 2 heterocycles. The molecule has 3 rings (SSSR count). The second-order valence-corrected chi connectivity index (χ2v) is 6.24. The van der Waals surface area contributed by atoms with Crippen molar-refractivity contribution in [2.75, 3.05) is 7.05 Å². The highest BCUT2D eigenvalue weighted by molar-refractivity contribution is 5.38. The lowest BCUT2D eigenvalue weighted by Crippen LogP contribution is -2.47. The van der Waals surface area contributed by atoms with Crippen molar-refractivity contribution in [1.82, 2.24) is 4.90 Å². The Labute approximate surface area is 110 Å². The van der Waals surface area contributed by atoms with E-state index in [1.165, 1.54) is 24.0 Å². The molecule has 0 aromatic heterocycles. The Hall–Kier alpha value is -0.860. The summed E-state index contributed by atoms with van der Waals surface area (Å²) in [5, 5.41) is 11.1. The Morgan fingerprint density at radius 3 is 2.39 bits per heavy atom. The largest absolute Gasteiger partial charge is 0.385 e. The molecule has 1 N–H and O–H groups in total. The number of benzene rings is 1. The molecule has 2 aliphatic heterocycles. The van der Waals surface area contributed by atoms with E-state index in [1.54, 1.807) is 0 Å². The maximum absolute atomic E-state index is 11.1. The van der Waals surface area contributed by atoms with Gasteiger partial charge in [0.25, 0.3) is 0 Å². The molecule has 98 valence electrons. The molecule has 0 spiro atoms. The van der Waals surface area contributed by atoms with E-state index in [0.717, 1.165) is 18.4 Å². The van der Waals surface area contributed by atoms with Gasteiger partial charge in [-0.3, -0.25) is 0 Å². The predicted octanol–water partition coefficient (Wildman–Crippen LogP) is 2.75. The first kappa shape index (κ1) is 12.2. The SMILES string of the molecule is Cc1cccc(C2(O)CC3CCC(C2)N3C)c1C. The average Bonchev–Trinajstić information content (AvgIpc) is 2.57. The summed E-state index contributed by atoms with van der Waals surface area (Å²) in [5.41, 5.74) is 3.11. The first-order valence-corrected chi connectivity index (χ1v) is 7.02. The smallest absolute Gasteiger partial charge is 0.0929 e. The number of nitrogens with zero attached hydrogens (tertiary/aromatic N) is 1. The van der Waals surface area contributed by atoms with Crippen LogP contribution in [-0.4, -0.2) is 29.1 Å². The van der Waals surface area contributed by atoms with E-state index in [1.807, 2.05) is 0 Å². The van der Waals surface area contributed by atoms with E-state index in [9.17, 15) is 5.11 Å². The second kappa shape index (κ2) is 4.07. The molecule has 0 saturated carbocycles. The number of hydrogen-bond acceptors (Lipinski definition) is 2. The van der Waals surface area contributed by atoms with Crippen molar-refractivity contribution in [3.05, 3.63) is 34.9 Å². The van der Waals surface area contributed by atoms with Crippen molar-refractivity contribution < 1.29 is 5.11 Å². The monoisotopic (exact) mass is 245 g/mol. The van der Waals surface area contributed by atoms with Crippen LogP contribution in [0.3, 0.4) is 0 Å². The van der Waals surface area contributed by atoms with Crippen LogP contribution in [0.2, 0.25) is 0 Å². The predicted molar refractivity (Wildman–Crippen MR) is 73.6 cm³/mol. The fourth-order valence-corrected chi connectivity index (χ4v) is 3.92. The Balaban J connectivity index is 1.99. The van der Waals surface area contributed by atoms with Crippen molar-refractivity contribution in [2.45, 2.75) is 57.2 Å². The lowest BCUT2D eigenvalue weighted by atomic mass is 9.78. The molecule has 2 atom stereocenters. The maximum atomic E-state index is 11.1. The number of rotatable bonds is 1. The molecule has 2 aliphatic rings. The quantitative estimate of drug-likeness (QED) is 0.822. The molecular weight excluding hydrogens is 222 g/mol. The summed E-state index contributed by atoms with van der Waals surface area (Å²) in [7, 11) is 2.21. The molecule has 0 radical (unpaired) electrons. The van der Waals surface area contributed by atoms with Crippen LogP contribution < -0.4 is 0 Å². The van der Waals surface area contributed by atoms with Gasteiger partial charge in [-0.05, 0) is 63.3 Å². The highest BCUT2D eigenvalue weighted by atomic mass is 16.3. The minimum absolute atomic E-state index is 0.564. The molecule has 2 saturated heterocycles. The van der Waals surface area contributed by atoms with Gasteiger partial charge in [-0.25, -0.2) is 0 Å². The van der Waals surface area contributed by atoms with Gasteiger partial charge < -0.3 is 10.0 Å². The number of fused-ring (bicyclic) bond motifs is 2. The molecule has 2 heteroatoms. The zero-order valence-electron chi connectivity index (χ0n) is 11.6. The van der Waals surface area contributed by atoms with Gasteiger partial charge >= 0.3 is 0 Å². The third kappa shape index (κ3) is 1.70. The molecule has 2 bridgehead atoms. The standard InChI is InChI=1S/C16H23NO/c1-11-5-4-6-15(12(11)2)16(18)9-13-7-8-14(10-16)17(13)3/h4-6,13-14,18H,7-10H2,1-3H3. The molecule has 2 fully saturated rings. The molecule has 2 unspecified atom stereocenters. The molecule has 0 aliphatic carbocycles. The van der Waals surface area contributed by atoms with Crippen LogP contribution in [0, 0.1) is 13.8 Å². The number of aliphatic hydroxyl groups is 1. The van der Waals surface area contributed by atoms with Gasteiger partial charge in [-0.2, -0.15) is 0 Å². The lowest BCUT2D eigenvalue weighted by molar-refractivity contribution is -0.0497. The summed E-state index contributed by atoms with van der Waals surface area (Å²) in [6, 6.07) is 7.46. The summed E-state index contributed by atoms with van der Waals surface area (Å²) in [6.07, 6.45) is 4.28. The zero-order valence-corrected chi connectivity index (χ0v) is 11.6. The van der Waals surface area contributed by atoms with E-state index in [4.69, 9.17) is 0 Å². The Bertz CT molecular complexity index is 454. The normalized spacial score (nSPS) is 36.0. The topological polar surface area (TPSA) is 23.5 Å². The number of aryl methyl sites for hydroxylation is 1. The summed E-state index contributed by atoms with van der Waals surface area (Å²) >= 11 is 0. The van der Waals surface area contributed by atoms with E-state index in [-0.39, 0.29) is 0 Å². The average molecular weight is 245 g/mol. The van der Waals surface area contributed by atoms with Crippen LogP contribution in [-0.2, 0) is 5.60 Å². The van der Waals surface area contributed by atoms with Gasteiger partial charge in [0.1, 0.15) is 0 Å². The third-order valence-electron chi connectivity index (χ3n) is 5.24. The van der Waals surface area contributed by atoms with Crippen LogP contribution in [0.4, 0.5) is 0 Å². The maximum Gasteiger partial charge on any atom is 0.0929 e. The summed E-state index contributed by atoms with van der Waals surface area (Å²) < 4.78 is 0. The summed E-state index contributed by atoms with van der Waals surface area (Å²) in [5.74, 6) is 0. The number of hydrogen-bond donors (Lipinski definition) is 1. The Kier molecular flexibility index (Phi) is 2.76. The highest BCUT2D eigenvalue weighted by Crippen LogP contribution is 2.45. The van der Waals surface area contributed by atoms with Crippen molar-refractivity contribution in [3.8, 4) is 0 Å². The van der Waals surface area contributed by atoms with E-state index in [0.29, 0.717) is 12.1 Å². The van der Waals surface area contributed by atoms with Crippen LogP contribution in [0.15, 0.2) is 18.2 Å². The fourth-order valence-electron chi connectivity index (χ4n) is 3.92. The second-order valence-electron chi connectivity index (χ2n) is 6.24. The molecular formula is C16H23NO. The summed E-state index contributed by atoms with van der Waals surface area (Å²) in [6.45, 7) is 4.27. The van der Waals surface area contributed by atoms with Crippen LogP contribution >= 0.6 is 0 Å². The van der Waals surface area contributed by atoms with Gasteiger partial charge in [0.2, 0.25) is 0 Å². The molecule has 1 aromatic carbocycles. The lowest BCUT2D eigenvalue weighted by Gasteiger charge is -2.43. The van der Waals surface area contributed by atoms with Gasteiger partial charge in [0.15, 0.2) is 0 Å². The Morgan fingerprint density at radius 1 is 1.17 bits per heavy atom. The van der Waals surface area contributed by atoms with Crippen LogP contribution in [0.5, 0.6) is 0 Å². The van der Waals surface area contributed by atoms with Gasteiger partial charge in [-0.15, -0.1) is 0 Å². The zero-order chi connectivity index (χ0) is 12.9. The molecule has 0 amide bonds. The van der Waals surface area contributed by atoms with Crippen LogP contribution in [0.25, 0.3) is 0 Å². The van der Waals surface area contributed by atoms with Gasteiger partial charge in [0, 0.05) is 12.1 Å². The first-order valence-electron chi connectivity index (χ1n) is 7.02. The highest BCUT2D eigenvalue weighted by Gasteiger charge is 2.47. The van der Waals surface area contributed by atoms with Crippen molar-refractivity contribution >= 4 is 0 Å². The Morgan fingerprint density at radius 2 is 1.78 bits per heavy atom. The van der Waals surface area contributed by atoms with Crippen LogP contribution in [0.1, 0.15) is 42.4 Å². The summed E-state index contributed by atoms with van der Waals surface area (Å²) in [4.78, 5) is 2.47. The molecule has 1 aromatic rings. The van der Waals surface area contributed by atoms with Gasteiger partial charge in [-0.1, -0.05) is 18.2 Å². The van der Waals surface area contributed by atoms with E-state index in [2.05, 4.69) is 44.0 Å². The third-order valence-corrected chi connectivity index (χ3v) is 5.24. The van der Waals surface area contributed by atoms with E-state index < -0.39 is 5.60 Å². The minimum Gasteiger partial charge on any atom is -0.385 e. The van der Waals surface area contributed by atoms with Crippen molar-refractivity contribution in [3.63, 3.8) is 0 Å². The minimum atomic E-state index is -0.603. The molecule has 2 nitrogen and oxygen atoms in total. The molecule has 18 heavy (non-hydrogen) atoms. The number of piperidine rings is 1. The van der Waals surface area contributed by atoms with Gasteiger partial charge in [0.05, 0.1) is 5.60 Å². The van der Waals surface area contributed by atoms with Crippen molar-refractivity contribution in [2.24, 2.45) is 0 Å². The van der Waals surface area contributed by atoms with Crippen molar-refractivity contribution in [1.29, 1.82) is 0 Å². The van der Waals surface area contributed by atoms with E-state index >= 15 is 0 Å².